The summed E-state index contributed by atoms with van der Waals surface area (Å²) in [5.74, 6) is 0.819. The van der Waals surface area contributed by atoms with Crippen molar-refractivity contribution in [1.29, 1.82) is 0 Å². The van der Waals surface area contributed by atoms with E-state index in [1.54, 1.807) is 0 Å². The second-order valence-corrected chi connectivity index (χ2v) is 3.91. The van der Waals surface area contributed by atoms with Gasteiger partial charge in [0.05, 0.1) is 0 Å². The lowest BCUT2D eigenvalue weighted by Gasteiger charge is -2.09. The molecule has 0 aliphatic heterocycles. The number of anilines is 1. The maximum Gasteiger partial charge on any atom is 0.219 e. The van der Waals surface area contributed by atoms with Crippen molar-refractivity contribution in [2.45, 2.75) is 24.9 Å². The average molecular weight is 224 g/mol. The molecular weight excluding hydrogens is 212 g/mol. The number of thioether (sulfide) groups is 1. The minimum atomic E-state index is 0.146. The molecule has 0 aliphatic rings. The van der Waals surface area contributed by atoms with Crippen molar-refractivity contribution in [1.82, 2.24) is 9.97 Å². The number of aromatic nitrogens is 2. The van der Waals surface area contributed by atoms with Crippen LogP contribution in [0.4, 0.5) is 11.8 Å². The van der Waals surface area contributed by atoms with Crippen LogP contribution in [0.15, 0.2) is 16.2 Å². The van der Waals surface area contributed by atoms with Gasteiger partial charge in [-0.3, -0.25) is 0 Å². The highest BCUT2D eigenvalue weighted by Gasteiger charge is 2.03. The smallest absolute Gasteiger partial charge is 0.219 e. The molecule has 15 heavy (non-hydrogen) atoms. The summed E-state index contributed by atoms with van der Waals surface area (Å²) >= 11 is 1.48. The van der Waals surface area contributed by atoms with E-state index in [1.807, 2.05) is 26.2 Å². The van der Waals surface area contributed by atoms with Gasteiger partial charge in [0.2, 0.25) is 5.95 Å². The molecule has 0 atom stereocenters. The van der Waals surface area contributed by atoms with Crippen LogP contribution in [0, 0.1) is 0 Å². The van der Waals surface area contributed by atoms with Crippen LogP contribution in [0.3, 0.4) is 0 Å². The molecule has 0 aromatic carbocycles. The first-order valence-electron chi connectivity index (χ1n) is 4.40. The van der Waals surface area contributed by atoms with Crippen molar-refractivity contribution in [3.05, 3.63) is 16.5 Å². The number of nitrogens with one attached hydrogen (secondary N) is 1. The monoisotopic (exact) mass is 224 g/mol. The second-order valence-electron chi connectivity index (χ2n) is 3.08. The van der Waals surface area contributed by atoms with Crippen molar-refractivity contribution in [2.24, 2.45) is 5.11 Å². The van der Waals surface area contributed by atoms with Gasteiger partial charge >= 0.3 is 0 Å². The van der Waals surface area contributed by atoms with E-state index in [2.05, 4.69) is 25.3 Å². The summed E-state index contributed by atoms with van der Waals surface area (Å²) in [4.78, 5) is 10.8. The van der Waals surface area contributed by atoms with Crippen molar-refractivity contribution in [3.63, 3.8) is 0 Å². The van der Waals surface area contributed by atoms with E-state index in [9.17, 15) is 0 Å². The molecule has 0 unspecified atom stereocenters. The third-order valence-electron chi connectivity index (χ3n) is 1.47. The molecule has 7 heteroatoms. The number of hydrogen-bond acceptors (Lipinski definition) is 5. The summed E-state index contributed by atoms with van der Waals surface area (Å²) in [6.07, 6.45) is 1.90. The third kappa shape index (κ3) is 3.65. The molecule has 0 radical (unpaired) electrons. The lowest BCUT2D eigenvalue weighted by atomic mass is 10.4. The summed E-state index contributed by atoms with van der Waals surface area (Å²) in [7, 11) is 0. The van der Waals surface area contributed by atoms with Crippen molar-refractivity contribution in [2.75, 3.05) is 11.6 Å². The van der Waals surface area contributed by atoms with Crippen molar-refractivity contribution in [3.8, 4) is 0 Å². The topological polar surface area (TPSA) is 86.6 Å². The Morgan fingerprint density at radius 2 is 2.27 bits per heavy atom. The number of rotatable bonds is 4. The van der Waals surface area contributed by atoms with Gasteiger partial charge in [0.25, 0.3) is 0 Å². The van der Waals surface area contributed by atoms with Gasteiger partial charge in [0, 0.05) is 17.0 Å². The van der Waals surface area contributed by atoms with Crippen LogP contribution in [-0.4, -0.2) is 22.3 Å². The Morgan fingerprint density at radius 3 is 2.80 bits per heavy atom. The van der Waals surface area contributed by atoms with E-state index in [4.69, 9.17) is 5.53 Å². The minimum Gasteiger partial charge on any atom is -0.368 e. The normalized spacial score (nSPS) is 9.87. The summed E-state index contributed by atoms with van der Waals surface area (Å²) in [5, 5.41) is 7.29. The van der Waals surface area contributed by atoms with Crippen LogP contribution in [0.5, 0.6) is 0 Å². The first kappa shape index (κ1) is 11.6. The van der Waals surface area contributed by atoms with E-state index in [1.165, 1.54) is 11.8 Å². The molecule has 1 rings (SSSR count). The van der Waals surface area contributed by atoms with Gasteiger partial charge in [-0.25, -0.2) is 9.97 Å². The average Bonchev–Trinajstić information content (AvgIpc) is 2.16. The fourth-order valence-corrected chi connectivity index (χ4v) is 1.37. The van der Waals surface area contributed by atoms with Crippen LogP contribution in [0.1, 0.15) is 13.8 Å². The first-order valence-corrected chi connectivity index (χ1v) is 5.63. The van der Waals surface area contributed by atoms with Crippen LogP contribution in [-0.2, 0) is 0 Å². The Balaban J connectivity index is 3.05. The molecular formula is C8H12N6S. The van der Waals surface area contributed by atoms with Gasteiger partial charge in [-0.2, -0.15) is 0 Å². The lowest BCUT2D eigenvalue weighted by Crippen LogP contribution is -2.11. The van der Waals surface area contributed by atoms with Crippen LogP contribution < -0.4 is 5.32 Å². The zero-order chi connectivity index (χ0) is 11.3. The van der Waals surface area contributed by atoms with Gasteiger partial charge < -0.3 is 5.32 Å². The summed E-state index contributed by atoms with van der Waals surface area (Å²) < 4.78 is 0. The quantitative estimate of drug-likeness (QED) is 0.280. The molecule has 0 bridgehead atoms. The van der Waals surface area contributed by atoms with E-state index >= 15 is 0 Å². The van der Waals surface area contributed by atoms with Gasteiger partial charge in [0.1, 0.15) is 10.8 Å². The molecule has 1 N–H and O–H groups in total. The van der Waals surface area contributed by atoms with Gasteiger partial charge in [-0.05, 0) is 30.7 Å². The van der Waals surface area contributed by atoms with Crippen molar-refractivity contribution >= 4 is 23.5 Å². The van der Waals surface area contributed by atoms with Crippen LogP contribution >= 0.6 is 11.8 Å². The molecule has 6 nitrogen and oxygen atoms in total. The zero-order valence-electron chi connectivity index (χ0n) is 8.80. The molecule has 0 saturated carbocycles. The fourth-order valence-electron chi connectivity index (χ4n) is 0.972. The number of azide groups is 1. The molecule has 1 heterocycles. The van der Waals surface area contributed by atoms with Crippen LogP contribution in [0.25, 0.3) is 10.4 Å². The van der Waals surface area contributed by atoms with Gasteiger partial charge in [0.15, 0.2) is 0 Å². The molecule has 0 aliphatic carbocycles. The maximum atomic E-state index is 8.31. The number of nitrogens with zero attached hydrogens (tertiary/aromatic N) is 5. The second kappa shape index (κ2) is 5.43. The molecule has 0 saturated heterocycles. The Hall–Kier alpha value is -1.46. The predicted octanol–water partition coefficient (Wildman–Crippen LogP) is 2.96. The summed E-state index contributed by atoms with van der Waals surface area (Å²) in [6, 6.07) is 2.09. The molecule has 1 aromatic rings. The molecule has 0 fully saturated rings. The summed E-state index contributed by atoms with van der Waals surface area (Å²) in [6.45, 7) is 4.02. The first-order chi connectivity index (χ1) is 7.15. The van der Waals surface area contributed by atoms with Gasteiger partial charge in [-0.15, -0.1) is 11.8 Å². The third-order valence-corrected chi connectivity index (χ3v) is 2.10. The molecule has 1 aromatic heterocycles. The van der Waals surface area contributed by atoms with E-state index in [0.717, 1.165) is 5.03 Å². The number of hydrogen-bond donors (Lipinski definition) is 1. The Labute approximate surface area is 92.1 Å². The zero-order valence-corrected chi connectivity index (χ0v) is 9.62. The Kier molecular flexibility index (Phi) is 4.20. The fraction of sp³-hybridized carbons (Fsp3) is 0.500. The predicted molar refractivity (Wildman–Crippen MR) is 61.4 cm³/mol. The van der Waals surface area contributed by atoms with E-state index < -0.39 is 0 Å². The lowest BCUT2D eigenvalue weighted by molar-refractivity contribution is 0.879. The van der Waals surface area contributed by atoms with Gasteiger partial charge in [-0.1, -0.05) is 0 Å². The highest BCUT2D eigenvalue weighted by atomic mass is 32.2. The maximum absolute atomic E-state index is 8.31. The highest BCUT2D eigenvalue weighted by Crippen LogP contribution is 2.19. The molecule has 0 amide bonds. The van der Waals surface area contributed by atoms with E-state index in [0.29, 0.717) is 5.82 Å². The minimum absolute atomic E-state index is 0.146. The molecule has 0 spiro atoms. The SMILES string of the molecule is CSc1cc(NC(C)C)nc(N=[N+]=[N-])n1. The van der Waals surface area contributed by atoms with Crippen LogP contribution in [0.2, 0.25) is 0 Å². The standard InChI is InChI=1S/C8H12N6S/c1-5(2)10-6-4-7(15-3)12-8(11-6)13-14-9/h4-5H,1-3H3,(H,10,11,12). The Bertz CT molecular complexity index is 385. The molecule has 80 valence electrons. The Morgan fingerprint density at radius 1 is 1.53 bits per heavy atom. The highest BCUT2D eigenvalue weighted by molar-refractivity contribution is 7.98. The largest absolute Gasteiger partial charge is 0.368 e. The van der Waals surface area contributed by atoms with E-state index in [-0.39, 0.29) is 12.0 Å². The van der Waals surface area contributed by atoms with Crippen molar-refractivity contribution < 1.29 is 0 Å². The summed E-state index contributed by atoms with van der Waals surface area (Å²) in [5.41, 5.74) is 8.31.